The number of hydrogen-bond donors (Lipinski definition) is 4. The fourth-order valence-corrected chi connectivity index (χ4v) is 3.96. The fourth-order valence-electron chi connectivity index (χ4n) is 3.96. The highest BCUT2D eigenvalue weighted by Crippen LogP contribution is 2.29. The number of nitrogens with zero attached hydrogens (tertiary/aromatic N) is 3. The first-order valence-corrected chi connectivity index (χ1v) is 11.7. The van der Waals surface area contributed by atoms with E-state index < -0.39 is 0 Å². The van der Waals surface area contributed by atoms with Gasteiger partial charge in [0.05, 0.1) is 11.7 Å². The van der Waals surface area contributed by atoms with E-state index in [1.807, 2.05) is 93.1 Å². The molecule has 0 amide bonds. The lowest BCUT2D eigenvalue weighted by Gasteiger charge is -2.16. The molecule has 2 aromatic heterocycles. The van der Waals surface area contributed by atoms with Crippen molar-refractivity contribution >= 4 is 34.6 Å². The minimum Gasteiger partial charge on any atom is -0.462 e. The molecule has 0 fully saturated rings. The third-order valence-corrected chi connectivity index (χ3v) is 5.81. The van der Waals surface area contributed by atoms with Crippen molar-refractivity contribution in [1.82, 2.24) is 9.38 Å². The first-order valence-electron chi connectivity index (χ1n) is 11.7. The number of fused-ring (bicyclic) bond motifs is 1. The molecule has 0 bridgehead atoms. The number of benzene rings is 2. The molecular formula is C27H29N7O2. The SMILES string of the molecule is CNc1ccc(NC2=NC(C)(C)CO2)cc1C(=N)Nc1ccc(Oc2ccc3nccn3c2)c(C)c1. The Balaban J connectivity index is 1.31. The summed E-state index contributed by atoms with van der Waals surface area (Å²) >= 11 is 0. The van der Waals surface area contributed by atoms with Crippen LogP contribution in [-0.4, -0.2) is 40.4 Å². The summed E-state index contributed by atoms with van der Waals surface area (Å²) in [6, 6.07) is 15.8. The molecular weight excluding hydrogens is 454 g/mol. The molecule has 9 nitrogen and oxygen atoms in total. The molecule has 3 heterocycles. The number of rotatable bonds is 6. The van der Waals surface area contributed by atoms with Crippen LogP contribution in [-0.2, 0) is 4.74 Å². The highest BCUT2D eigenvalue weighted by Gasteiger charge is 2.26. The Morgan fingerprint density at radius 3 is 2.69 bits per heavy atom. The summed E-state index contributed by atoms with van der Waals surface area (Å²) in [5.74, 6) is 1.73. The molecule has 9 heteroatoms. The van der Waals surface area contributed by atoms with E-state index in [2.05, 4.69) is 25.9 Å². The van der Waals surface area contributed by atoms with Crippen LogP contribution in [0.5, 0.6) is 11.5 Å². The molecule has 184 valence electrons. The van der Waals surface area contributed by atoms with Gasteiger partial charge in [-0.25, -0.2) is 9.98 Å². The van der Waals surface area contributed by atoms with Crippen molar-refractivity contribution in [2.75, 3.05) is 29.6 Å². The van der Waals surface area contributed by atoms with Crippen LogP contribution in [0.15, 0.2) is 72.1 Å². The molecule has 4 aromatic rings. The number of ether oxygens (including phenoxy) is 2. The predicted octanol–water partition coefficient (Wildman–Crippen LogP) is 5.49. The number of imidazole rings is 1. The summed E-state index contributed by atoms with van der Waals surface area (Å²) in [7, 11) is 1.84. The lowest BCUT2D eigenvalue weighted by Crippen LogP contribution is -2.17. The number of aromatic nitrogens is 2. The molecule has 1 aliphatic heterocycles. The van der Waals surface area contributed by atoms with Gasteiger partial charge in [0.25, 0.3) is 6.02 Å². The lowest BCUT2D eigenvalue weighted by atomic mass is 10.1. The van der Waals surface area contributed by atoms with Gasteiger partial charge in [0, 0.05) is 42.1 Å². The zero-order valence-corrected chi connectivity index (χ0v) is 20.7. The summed E-state index contributed by atoms with van der Waals surface area (Å²) < 4.78 is 13.6. The third kappa shape index (κ3) is 4.95. The first-order chi connectivity index (χ1) is 17.3. The van der Waals surface area contributed by atoms with Crippen LogP contribution < -0.4 is 20.7 Å². The molecule has 2 aromatic carbocycles. The summed E-state index contributed by atoms with van der Waals surface area (Å²) in [5, 5.41) is 18.3. The van der Waals surface area contributed by atoms with Crippen LogP contribution in [0.25, 0.3) is 5.65 Å². The highest BCUT2D eigenvalue weighted by molar-refractivity contribution is 6.10. The third-order valence-electron chi connectivity index (χ3n) is 5.81. The normalized spacial score (nSPS) is 14.2. The molecule has 0 radical (unpaired) electrons. The molecule has 0 saturated heterocycles. The lowest BCUT2D eigenvalue weighted by molar-refractivity contribution is 0.278. The van der Waals surface area contributed by atoms with Crippen molar-refractivity contribution in [2.24, 2.45) is 4.99 Å². The van der Waals surface area contributed by atoms with E-state index in [9.17, 15) is 0 Å². The van der Waals surface area contributed by atoms with Gasteiger partial charge in [0.2, 0.25) is 0 Å². The Morgan fingerprint density at radius 1 is 1.11 bits per heavy atom. The van der Waals surface area contributed by atoms with Crippen molar-refractivity contribution in [2.45, 2.75) is 26.3 Å². The summed E-state index contributed by atoms with van der Waals surface area (Å²) in [6.07, 6.45) is 5.53. The number of anilines is 3. The van der Waals surface area contributed by atoms with Gasteiger partial charge >= 0.3 is 0 Å². The number of amidine groups is 2. The maximum atomic E-state index is 8.74. The molecule has 4 N–H and O–H groups in total. The van der Waals surface area contributed by atoms with E-state index in [1.54, 1.807) is 6.20 Å². The van der Waals surface area contributed by atoms with E-state index in [4.69, 9.17) is 14.9 Å². The van der Waals surface area contributed by atoms with Crippen LogP contribution in [0.2, 0.25) is 0 Å². The maximum absolute atomic E-state index is 8.74. The number of nitrogens with one attached hydrogen (secondary N) is 4. The molecule has 1 aliphatic rings. The van der Waals surface area contributed by atoms with Gasteiger partial charge < -0.3 is 29.8 Å². The van der Waals surface area contributed by atoms with Crippen molar-refractivity contribution < 1.29 is 9.47 Å². The summed E-state index contributed by atoms with van der Waals surface area (Å²) in [4.78, 5) is 8.80. The smallest absolute Gasteiger partial charge is 0.289 e. The van der Waals surface area contributed by atoms with Crippen LogP contribution >= 0.6 is 0 Å². The van der Waals surface area contributed by atoms with Crippen LogP contribution in [0, 0.1) is 12.3 Å². The number of aryl methyl sites for hydroxylation is 1. The Labute approximate surface area is 209 Å². The second-order valence-electron chi connectivity index (χ2n) is 9.29. The average Bonchev–Trinajstić information content (AvgIpc) is 3.45. The Bertz CT molecular complexity index is 1470. The van der Waals surface area contributed by atoms with Crippen molar-refractivity contribution in [3.8, 4) is 11.5 Å². The Morgan fingerprint density at radius 2 is 1.94 bits per heavy atom. The van der Waals surface area contributed by atoms with E-state index >= 15 is 0 Å². The van der Waals surface area contributed by atoms with Gasteiger partial charge in [-0.15, -0.1) is 0 Å². The topological polar surface area (TPSA) is 108 Å². The van der Waals surface area contributed by atoms with Crippen LogP contribution in [0.1, 0.15) is 25.0 Å². The van der Waals surface area contributed by atoms with Gasteiger partial charge in [-0.05, 0) is 74.9 Å². The van der Waals surface area contributed by atoms with E-state index in [0.29, 0.717) is 18.2 Å². The fraction of sp³-hybridized carbons (Fsp3) is 0.222. The second kappa shape index (κ2) is 9.26. The molecule has 5 rings (SSSR count). The average molecular weight is 484 g/mol. The zero-order valence-electron chi connectivity index (χ0n) is 20.7. The van der Waals surface area contributed by atoms with Crippen molar-refractivity contribution in [3.63, 3.8) is 0 Å². The molecule has 0 spiro atoms. The molecule has 0 unspecified atom stereocenters. The van der Waals surface area contributed by atoms with Gasteiger partial charge in [0.15, 0.2) is 0 Å². The quantitative estimate of drug-likeness (QED) is 0.213. The largest absolute Gasteiger partial charge is 0.462 e. The van der Waals surface area contributed by atoms with Gasteiger partial charge in [-0.2, -0.15) is 0 Å². The predicted molar refractivity (Wildman–Crippen MR) is 144 cm³/mol. The highest BCUT2D eigenvalue weighted by atomic mass is 16.5. The molecule has 0 saturated carbocycles. The van der Waals surface area contributed by atoms with Crippen LogP contribution in [0.4, 0.5) is 17.1 Å². The first kappa shape index (κ1) is 23.2. The van der Waals surface area contributed by atoms with E-state index in [1.165, 1.54) is 0 Å². The summed E-state index contributed by atoms with van der Waals surface area (Å²) in [5.41, 5.74) is 4.70. The van der Waals surface area contributed by atoms with Gasteiger partial charge in [-0.1, -0.05) is 0 Å². The van der Waals surface area contributed by atoms with E-state index in [0.717, 1.165) is 39.8 Å². The Kier molecular flexibility index (Phi) is 5.97. The molecule has 0 atom stereocenters. The minimum atomic E-state index is -0.246. The summed E-state index contributed by atoms with van der Waals surface area (Å²) in [6.45, 7) is 6.55. The number of hydrogen-bond acceptors (Lipinski definition) is 7. The van der Waals surface area contributed by atoms with Crippen LogP contribution in [0.3, 0.4) is 0 Å². The van der Waals surface area contributed by atoms with Gasteiger partial charge in [-0.3, -0.25) is 5.41 Å². The maximum Gasteiger partial charge on any atom is 0.289 e. The molecule has 36 heavy (non-hydrogen) atoms. The van der Waals surface area contributed by atoms with E-state index in [-0.39, 0.29) is 11.4 Å². The standard InChI is InChI=1S/C27H29N7O2/c1-17-13-18(6-9-23(17)36-20-7-10-24-30-11-12-34(24)15-20)31-25(28)21-14-19(5-8-22(21)29-4)32-26-33-27(2,3)16-35-26/h5-15,29H,16H2,1-4H3,(H2,28,31)(H,32,33). The zero-order chi connectivity index (χ0) is 25.3. The number of aliphatic imine (C=N–C) groups is 1. The van der Waals surface area contributed by atoms with Gasteiger partial charge in [0.1, 0.15) is 29.6 Å². The van der Waals surface area contributed by atoms with Crippen molar-refractivity contribution in [1.29, 1.82) is 5.41 Å². The molecule has 0 aliphatic carbocycles. The Hall–Kier alpha value is -4.53. The minimum absolute atomic E-state index is 0.246. The second-order valence-corrected chi connectivity index (χ2v) is 9.29. The van der Waals surface area contributed by atoms with Crippen molar-refractivity contribution in [3.05, 3.63) is 78.2 Å². The monoisotopic (exact) mass is 483 g/mol. The number of pyridine rings is 1.